The molecule has 0 radical (unpaired) electrons. The lowest BCUT2D eigenvalue weighted by Gasteiger charge is -2.39. The Labute approximate surface area is 246 Å². The van der Waals surface area contributed by atoms with Crippen molar-refractivity contribution in [2.75, 3.05) is 6.61 Å². The number of phenols is 3. The van der Waals surface area contributed by atoms with Gasteiger partial charge >= 0.3 is 0 Å². The fourth-order valence-corrected chi connectivity index (χ4v) is 4.77. The molecule has 4 aromatic rings. The molecule has 5 atom stereocenters. The second-order valence-electron chi connectivity index (χ2n) is 8.87. The minimum atomic E-state index is -1.64. The highest BCUT2D eigenvalue weighted by Crippen LogP contribution is 2.35. The zero-order valence-electron chi connectivity index (χ0n) is 20.7. The highest BCUT2D eigenvalue weighted by Gasteiger charge is 2.44. The third kappa shape index (κ3) is 6.64. The number of fused-ring (bicyclic) bond motifs is 1. The molecule has 0 amide bonds. The summed E-state index contributed by atoms with van der Waals surface area (Å²) in [5, 5.41) is 68.5. The van der Waals surface area contributed by atoms with E-state index in [1.807, 2.05) is 0 Å². The topological polar surface area (TPSA) is 190 Å². The minimum Gasteiger partial charge on any atom is -0.508 e. The van der Waals surface area contributed by atoms with Crippen LogP contribution in [0.4, 0.5) is 0 Å². The van der Waals surface area contributed by atoms with Gasteiger partial charge in [0.15, 0.2) is 5.75 Å². The maximum Gasteiger partial charge on any atom is 0.229 e. The summed E-state index contributed by atoms with van der Waals surface area (Å²) in [6.45, 7) is -0.622. The van der Waals surface area contributed by atoms with E-state index in [9.17, 15) is 35.4 Å². The standard InChI is InChI=1S/C21H20O10.C6H3Cl3O/c22-7-15-18(26)19(27)20(28)21(31-15)30-11-5-13(24)16-14(6-11)29-8-12(17(16)25)9-1-3-10(23)4-2-9;7-3-1-4(8)6(10)5(9)2-3/h1-6,8,15,18-24,26-28H,7H2;1-2,10H/t15-,18-,19+,20-,21-;/m1./s1. The van der Waals surface area contributed by atoms with Crippen LogP contribution in [-0.4, -0.2) is 73.1 Å². The van der Waals surface area contributed by atoms with E-state index < -0.39 is 48.5 Å². The van der Waals surface area contributed by atoms with E-state index in [1.165, 1.54) is 48.7 Å². The molecule has 1 aliphatic rings. The first-order valence-corrected chi connectivity index (χ1v) is 12.9. The zero-order chi connectivity index (χ0) is 30.0. The number of hydrogen-bond donors (Lipinski definition) is 7. The number of ether oxygens (including phenoxy) is 2. The summed E-state index contributed by atoms with van der Waals surface area (Å²) in [4.78, 5) is 12.9. The van der Waals surface area contributed by atoms with E-state index in [4.69, 9.17) is 53.8 Å². The van der Waals surface area contributed by atoms with Crippen LogP contribution in [0.25, 0.3) is 22.1 Å². The van der Waals surface area contributed by atoms with Gasteiger partial charge < -0.3 is 49.6 Å². The molecular weight excluding hydrogens is 607 g/mol. The van der Waals surface area contributed by atoms with Crippen molar-refractivity contribution >= 4 is 45.8 Å². The third-order valence-corrected chi connectivity index (χ3v) is 6.89. The summed E-state index contributed by atoms with van der Waals surface area (Å²) in [5.74, 6) is -0.596. The van der Waals surface area contributed by atoms with Crippen LogP contribution in [0.5, 0.6) is 23.0 Å². The van der Waals surface area contributed by atoms with Crippen molar-refractivity contribution in [1.29, 1.82) is 0 Å². The smallest absolute Gasteiger partial charge is 0.229 e. The number of rotatable bonds is 4. The van der Waals surface area contributed by atoms with E-state index in [2.05, 4.69) is 0 Å². The molecule has 3 aromatic carbocycles. The quantitative estimate of drug-likeness (QED) is 0.175. The highest BCUT2D eigenvalue weighted by molar-refractivity contribution is 6.40. The molecule has 0 bridgehead atoms. The zero-order valence-corrected chi connectivity index (χ0v) is 23.0. The SMILES string of the molecule is O=c1c(-c2ccc(O)cc2)coc2cc(O[C@@H]3O[C@H](CO)[C@@H](O)[C@H](O)[C@H]3O)cc(O)c12.Oc1c(Cl)cc(Cl)cc1Cl. The van der Waals surface area contributed by atoms with E-state index >= 15 is 0 Å². The molecule has 41 heavy (non-hydrogen) atoms. The number of aromatic hydroxyl groups is 3. The van der Waals surface area contributed by atoms with Crippen LogP contribution in [-0.2, 0) is 4.74 Å². The van der Waals surface area contributed by atoms with Gasteiger partial charge in [0.05, 0.1) is 22.2 Å². The van der Waals surface area contributed by atoms with Crippen molar-refractivity contribution < 1.29 is 49.6 Å². The van der Waals surface area contributed by atoms with Gasteiger partial charge in [0.25, 0.3) is 0 Å². The summed E-state index contributed by atoms with van der Waals surface area (Å²) < 4.78 is 16.2. The largest absolute Gasteiger partial charge is 0.508 e. The van der Waals surface area contributed by atoms with Gasteiger partial charge in [-0.15, -0.1) is 0 Å². The van der Waals surface area contributed by atoms with Gasteiger partial charge in [-0.3, -0.25) is 4.79 Å². The molecule has 11 nitrogen and oxygen atoms in total. The van der Waals surface area contributed by atoms with Crippen LogP contribution < -0.4 is 10.2 Å². The predicted octanol–water partition coefficient (Wildman–Crippen LogP) is 3.40. The van der Waals surface area contributed by atoms with Gasteiger partial charge in [-0.2, -0.15) is 0 Å². The van der Waals surface area contributed by atoms with E-state index in [1.54, 1.807) is 0 Å². The van der Waals surface area contributed by atoms with Crippen molar-refractivity contribution in [3.05, 3.63) is 80.1 Å². The number of benzene rings is 3. The average molecular weight is 630 g/mol. The van der Waals surface area contributed by atoms with E-state index in [0.29, 0.717) is 10.6 Å². The van der Waals surface area contributed by atoms with Crippen LogP contribution in [0.2, 0.25) is 15.1 Å². The number of hydrogen-bond acceptors (Lipinski definition) is 11. The van der Waals surface area contributed by atoms with Gasteiger partial charge in [0.1, 0.15) is 58.9 Å². The van der Waals surface area contributed by atoms with E-state index in [-0.39, 0.29) is 43.8 Å². The maximum atomic E-state index is 12.9. The molecule has 218 valence electrons. The fourth-order valence-electron chi connectivity index (χ4n) is 3.95. The first kappa shape index (κ1) is 30.7. The molecule has 0 aliphatic carbocycles. The second kappa shape index (κ2) is 12.7. The average Bonchev–Trinajstić information content (AvgIpc) is 2.93. The van der Waals surface area contributed by atoms with Gasteiger partial charge in [-0.25, -0.2) is 0 Å². The molecule has 5 rings (SSSR count). The van der Waals surface area contributed by atoms with Crippen molar-refractivity contribution in [3.63, 3.8) is 0 Å². The molecule has 0 saturated carbocycles. The molecule has 7 N–H and O–H groups in total. The lowest BCUT2D eigenvalue weighted by molar-refractivity contribution is -0.277. The number of aliphatic hydroxyl groups is 4. The van der Waals surface area contributed by atoms with Crippen LogP contribution in [0.3, 0.4) is 0 Å². The molecule has 14 heteroatoms. The summed E-state index contributed by atoms with van der Waals surface area (Å²) in [6, 6.07) is 11.1. The van der Waals surface area contributed by atoms with Gasteiger partial charge in [0, 0.05) is 17.2 Å². The number of phenolic OH excluding ortho intramolecular Hbond substituents is 3. The number of aliphatic hydroxyl groups excluding tert-OH is 4. The highest BCUT2D eigenvalue weighted by atomic mass is 35.5. The minimum absolute atomic E-state index is 0.00730. The number of halogens is 3. The van der Waals surface area contributed by atoms with Crippen LogP contribution >= 0.6 is 34.8 Å². The second-order valence-corrected chi connectivity index (χ2v) is 10.1. The van der Waals surface area contributed by atoms with Crippen molar-refractivity contribution in [2.24, 2.45) is 0 Å². The Balaban J connectivity index is 0.000000328. The molecular formula is C27H23Cl3O11. The predicted molar refractivity (Wildman–Crippen MR) is 149 cm³/mol. The van der Waals surface area contributed by atoms with Crippen molar-refractivity contribution in [3.8, 4) is 34.1 Å². The molecule has 1 fully saturated rings. The Morgan fingerprint density at radius 3 is 2.10 bits per heavy atom. The van der Waals surface area contributed by atoms with Crippen molar-refractivity contribution in [1.82, 2.24) is 0 Å². The molecule has 1 aliphatic heterocycles. The summed E-state index contributed by atoms with van der Waals surface area (Å²) in [7, 11) is 0. The monoisotopic (exact) mass is 628 g/mol. The van der Waals surface area contributed by atoms with Gasteiger partial charge in [-0.05, 0) is 29.8 Å². The molecule has 0 spiro atoms. The molecule has 2 heterocycles. The van der Waals surface area contributed by atoms with Gasteiger partial charge in [-0.1, -0.05) is 46.9 Å². The molecule has 1 aromatic heterocycles. The lowest BCUT2D eigenvalue weighted by atomic mass is 9.99. The first-order valence-electron chi connectivity index (χ1n) is 11.8. The molecule has 0 unspecified atom stereocenters. The Bertz CT molecular complexity index is 1570. The Morgan fingerprint density at radius 2 is 1.49 bits per heavy atom. The van der Waals surface area contributed by atoms with Gasteiger partial charge in [0.2, 0.25) is 11.7 Å². The Kier molecular flexibility index (Phi) is 9.52. The van der Waals surface area contributed by atoms with Crippen LogP contribution in [0.1, 0.15) is 0 Å². The van der Waals surface area contributed by atoms with Crippen molar-refractivity contribution in [2.45, 2.75) is 30.7 Å². The Hall–Kier alpha value is -3.26. The lowest BCUT2D eigenvalue weighted by Crippen LogP contribution is -2.60. The summed E-state index contributed by atoms with van der Waals surface area (Å²) >= 11 is 16.5. The maximum absolute atomic E-state index is 12.9. The van der Waals surface area contributed by atoms with Crippen LogP contribution in [0.15, 0.2) is 64.0 Å². The molecule has 1 saturated heterocycles. The fraction of sp³-hybridized carbons (Fsp3) is 0.222. The normalized spacial score (nSPS) is 22.2. The summed E-state index contributed by atoms with van der Waals surface area (Å²) in [5.41, 5.74) is 0.135. The first-order chi connectivity index (χ1) is 19.4. The Morgan fingerprint density at radius 1 is 0.854 bits per heavy atom. The van der Waals surface area contributed by atoms with Crippen LogP contribution in [0, 0.1) is 0 Å². The van der Waals surface area contributed by atoms with E-state index in [0.717, 1.165) is 6.07 Å². The summed E-state index contributed by atoms with van der Waals surface area (Å²) in [6.07, 6.45) is -6.23. The third-order valence-electron chi connectivity index (χ3n) is 6.09.